The van der Waals surface area contributed by atoms with Crippen molar-refractivity contribution in [2.24, 2.45) is 0 Å². The van der Waals surface area contributed by atoms with Gasteiger partial charge >= 0.3 is 6.01 Å². The predicted octanol–water partition coefficient (Wildman–Crippen LogP) is 3.90. The molecule has 2 aromatic heterocycles. The molecule has 0 unspecified atom stereocenters. The van der Waals surface area contributed by atoms with Gasteiger partial charge in [-0.1, -0.05) is 18.1 Å². The lowest BCUT2D eigenvalue weighted by Crippen LogP contribution is -2.49. The third-order valence-corrected chi connectivity index (χ3v) is 5.18. The molecule has 0 amide bonds. The highest BCUT2D eigenvalue weighted by Gasteiger charge is 2.47. The summed E-state index contributed by atoms with van der Waals surface area (Å²) in [6.45, 7) is 8.91. The Morgan fingerprint density at radius 2 is 1.90 bits per heavy atom. The van der Waals surface area contributed by atoms with Crippen molar-refractivity contribution in [2.75, 3.05) is 0 Å². The van der Waals surface area contributed by atoms with Gasteiger partial charge in [-0.25, -0.2) is 0 Å². The van der Waals surface area contributed by atoms with Crippen molar-refractivity contribution in [2.45, 2.75) is 52.2 Å². The minimum atomic E-state index is -1.07. The van der Waals surface area contributed by atoms with Crippen LogP contribution in [0.15, 0.2) is 42.3 Å². The van der Waals surface area contributed by atoms with Gasteiger partial charge in [0.15, 0.2) is 11.4 Å². The molecule has 0 atom stereocenters. The molecule has 1 aromatic carbocycles. The number of fused-ring (bicyclic) bond motifs is 1. The Morgan fingerprint density at radius 3 is 2.63 bits per heavy atom. The number of rotatable bonds is 4. The number of aliphatic hydroxyl groups excluding tert-OH is 1. The third-order valence-electron chi connectivity index (χ3n) is 5.18. The summed E-state index contributed by atoms with van der Waals surface area (Å²) in [6.07, 6.45) is 2.29. The Labute approximate surface area is 174 Å². The van der Waals surface area contributed by atoms with E-state index in [1.54, 1.807) is 58.2 Å². The van der Waals surface area contributed by atoms with Gasteiger partial charge in [0.2, 0.25) is 0 Å². The summed E-state index contributed by atoms with van der Waals surface area (Å²) in [4.78, 5) is 13.2. The molecule has 0 spiro atoms. The summed E-state index contributed by atoms with van der Waals surface area (Å²) >= 11 is 0. The van der Waals surface area contributed by atoms with E-state index in [1.807, 2.05) is 13.0 Å². The van der Waals surface area contributed by atoms with Crippen LogP contribution in [0.3, 0.4) is 0 Å². The lowest BCUT2D eigenvalue weighted by Gasteiger charge is -2.40. The summed E-state index contributed by atoms with van der Waals surface area (Å²) < 4.78 is 13.3. The number of carbonyl (C=O) groups excluding carboxylic acids is 1. The number of hydrogen-bond acceptors (Lipinski definition) is 7. The second-order valence-electron chi connectivity index (χ2n) is 8.23. The molecule has 156 valence electrons. The van der Waals surface area contributed by atoms with E-state index in [1.165, 1.54) is 4.52 Å². The number of nitrogens with zero attached hydrogens (tertiary/aromatic N) is 4. The fourth-order valence-corrected chi connectivity index (χ4v) is 3.74. The van der Waals surface area contributed by atoms with Gasteiger partial charge in [0, 0.05) is 6.20 Å². The van der Waals surface area contributed by atoms with Crippen LogP contribution < -0.4 is 4.74 Å². The first-order valence-electron chi connectivity index (χ1n) is 9.80. The van der Waals surface area contributed by atoms with Gasteiger partial charge in [0.1, 0.15) is 22.7 Å². The number of Topliss-reactive ketones (excluding diaryl/α,β-unsaturated/α-hetero) is 1. The molecule has 3 heterocycles. The van der Waals surface area contributed by atoms with Crippen LogP contribution in [-0.4, -0.2) is 41.9 Å². The monoisotopic (exact) mass is 408 g/mol. The van der Waals surface area contributed by atoms with Gasteiger partial charge in [0.05, 0.1) is 5.57 Å². The van der Waals surface area contributed by atoms with Crippen molar-refractivity contribution < 1.29 is 19.4 Å². The van der Waals surface area contributed by atoms with E-state index >= 15 is 0 Å². The largest absolute Gasteiger partial charge is 0.508 e. The third kappa shape index (κ3) is 3.23. The molecule has 0 aliphatic carbocycles. The Morgan fingerprint density at radius 1 is 1.13 bits per heavy atom. The van der Waals surface area contributed by atoms with E-state index in [0.29, 0.717) is 23.4 Å². The van der Waals surface area contributed by atoms with Crippen molar-refractivity contribution >= 4 is 17.0 Å². The summed E-state index contributed by atoms with van der Waals surface area (Å²) in [5.74, 6) is 0.0893. The van der Waals surface area contributed by atoms with E-state index in [2.05, 4.69) is 15.3 Å². The molecule has 3 aromatic rings. The fraction of sp³-hybridized carbons (Fsp3) is 0.364. The number of ketones is 1. The zero-order chi connectivity index (χ0) is 21.7. The SMILES string of the molecule is CCc1ccc(Oc2nnc3cccnn23)cc1C1=C(O)C(C)(C)OC(C)(C)C1=O. The van der Waals surface area contributed by atoms with Crippen LogP contribution in [0, 0.1) is 0 Å². The maximum atomic E-state index is 13.2. The van der Waals surface area contributed by atoms with Crippen LogP contribution in [0.5, 0.6) is 11.8 Å². The molecule has 0 fully saturated rings. The highest BCUT2D eigenvalue weighted by Crippen LogP contribution is 2.41. The van der Waals surface area contributed by atoms with E-state index in [9.17, 15) is 9.90 Å². The first kappa shape index (κ1) is 20.0. The molecule has 0 saturated carbocycles. The molecule has 0 saturated heterocycles. The number of carbonyl (C=O) groups is 1. The normalized spacial score (nSPS) is 18.1. The van der Waals surface area contributed by atoms with Crippen LogP contribution >= 0.6 is 0 Å². The molecular weight excluding hydrogens is 384 g/mol. The van der Waals surface area contributed by atoms with Crippen molar-refractivity contribution in [3.05, 3.63) is 53.4 Å². The van der Waals surface area contributed by atoms with Crippen molar-refractivity contribution in [1.82, 2.24) is 19.8 Å². The van der Waals surface area contributed by atoms with Crippen LogP contribution in [0.1, 0.15) is 45.7 Å². The average molecular weight is 408 g/mol. The van der Waals surface area contributed by atoms with E-state index in [-0.39, 0.29) is 23.1 Å². The molecular formula is C22H24N4O4. The van der Waals surface area contributed by atoms with E-state index in [4.69, 9.17) is 9.47 Å². The summed E-state index contributed by atoms with van der Waals surface area (Å²) in [5.41, 5.74) is 0.268. The number of ether oxygens (including phenoxy) is 2. The number of aliphatic hydroxyl groups is 1. The maximum absolute atomic E-state index is 13.2. The standard InChI is InChI=1S/C22H24N4O4/c1-6-13-9-10-14(29-20-25-24-16-8-7-11-23-26(16)20)12-15(13)17-18(27)21(2,3)30-22(4,5)19(17)28/h7-12,27H,6H2,1-5H3. The van der Waals surface area contributed by atoms with Crippen molar-refractivity contribution in [3.8, 4) is 11.8 Å². The minimum absolute atomic E-state index is 0.0896. The smallest absolute Gasteiger partial charge is 0.344 e. The minimum Gasteiger partial charge on any atom is -0.508 e. The van der Waals surface area contributed by atoms with Crippen molar-refractivity contribution in [3.63, 3.8) is 0 Å². The van der Waals surface area contributed by atoms with Gasteiger partial charge < -0.3 is 14.6 Å². The Bertz CT molecular complexity index is 1180. The summed E-state index contributed by atoms with van der Waals surface area (Å²) in [5, 5.41) is 23.2. The number of hydrogen-bond donors (Lipinski definition) is 1. The highest BCUT2D eigenvalue weighted by molar-refractivity contribution is 6.26. The molecule has 4 rings (SSSR count). The van der Waals surface area contributed by atoms with Gasteiger partial charge in [-0.05, 0) is 69.5 Å². The van der Waals surface area contributed by atoms with Crippen LogP contribution in [0.4, 0.5) is 0 Å². The topological polar surface area (TPSA) is 98.8 Å². The van der Waals surface area contributed by atoms with Gasteiger partial charge in [-0.2, -0.15) is 9.61 Å². The van der Waals surface area contributed by atoms with Crippen molar-refractivity contribution in [1.29, 1.82) is 0 Å². The molecule has 0 radical (unpaired) electrons. The molecule has 1 aliphatic rings. The lowest BCUT2D eigenvalue weighted by atomic mass is 9.81. The van der Waals surface area contributed by atoms with Gasteiger partial charge in [0.25, 0.3) is 0 Å². The Balaban J connectivity index is 1.83. The Kier molecular flexibility index (Phi) is 4.62. The second-order valence-corrected chi connectivity index (χ2v) is 8.23. The number of benzene rings is 1. The molecule has 8 heteroatoms. The molecule has 8 nitrogen and oxygen atoms in total. The zero-order valence-electron chi connectivity index (χ0n) is 17.6. The quantitative estimate of drug-likeness (QED) is 0.699. The van der Waals surface area contributed by atoms with Crippen LogP contribution in [-0.2, 0) is 16.0 Å². The number of aryl methyl sites for hydroxylation is 1. The first-order valence-corrected chi connectivity index (χ1v) is 9.80. The van der Waals surface area contributed by atoms with E-state index in [0.717, 1.165) is 5.56 Å². The molecule has 1 aliphatic heterocycles. The highest BCUT2D eigenvalue weighted by atomic mass is 16.5. The lowest BCUT2D eigenvalue weighted by molar-refractivity contribution is -0.158. The molecule has 0 bridgehead atoms. The predicted molar refractivity (Wildman–Crippen MR) is 110 cm³/mol. The summed E-state index contributed by atoms with van der Waals surface area (Å²) in [7, 11) is 0. The average Bonchev–Trinajstić information content (AvgIpc) is 3.09. The molecule has 1 N–H and O–H groups in total. The number of aromatic nitrogens is 4. The summed E-state index contributed by atoms with van der Waals surface area (Å²) in [6, 6.07) is 9.15. The van der Waals surface area contributed by atoms with Gasteiger partial charge in [-0.3, -0.25) is 4.79 Å². The Hall–Kier alpha value is -3.26. The fourth-order valence-electron chi connectivity index (χ4n) is 3.74. The maximum Gasteiger partial charge on any atom is 0.344 e. The van der Waals surface area contributed by atoms with E-state index < -0.39 is 11.2 Å². The van der Waals surface area contributed by atoms with Crippen LogP contribution in [0.2, 0.25) is 0 Å². The van der Waals surface area contributed by atoms with Gasteiger partial charge in [-0.15, -0.1) is 5.10 Å². The van der Waals surface area contributed by atoms with Crippen LogP contribution in [0.25, 0.3) is 11.2 Å². The first-order chi connectivity index (χ1) is 14.1. The molecule has 30 heavy (non-hydrogen) atoms. The second kappa shape index (κ2) is 6.91. The zero-order valence-corrected chi connectivity index (χ0v) is 17.6.